The number of carbonyl (C=O) groups excluding carboxylic acids is 1. The minimum absolute atomic E-state index is 0.114. The molecule has 4 atom stereocenters. The van der Waals surface area contributed by atoms with Crippen molar-refractivity contribution < 1.29 is 13.9 Å². The lowest BCUT2D eigenvalue weighted by Gasteiger charge is -2.48. The van der Waals surface area contributed by atoms with E-state index in [-0.39, 0.29) is 11.2 Å². The number of Topliss-reactive ketones (excluding diaryl/α,β-unsaturated/α-hetero) is 1. The highest BCUT2D eigenvalue weighted by atomic mass is 19.1. The molecule has 2 nitrogen and oxygen atoms in total. The summed E-state index contributed by atoms with van der Waals surface area (Å²) in [6, 6.07) is 3.52. The average molecular weight is 302 g/mol. The molecule has 0 N–H and O–H groups in total. The predicted molar refractivity (Wildman–Crippen MR) is 82.6 cm³/mol. The van der Waals surface area contributed by atoms with E-state index in [2.05, 4.69) is 6.92 Å². The SMILES string of the molecule is COc1cc(F)c2c(c1)CC[C@@H]1[C@@H]2CC[C@]2(C)C(=O)CC[C@@H]12. The summed E-state index contributed by atoms with van der Waals surface area (Å²) in [6.45, 7) is 2.16. The van der Waals surface area contributed by atoms with Crippen LogP contribution in [0.15, 0.2) is 12.1 Å². The summed E-state index contributed by atoms with van der Waals surface area (Å²) in [4.78, 5) is 12.3. The van der Waals surface area contributed by atoms with Gasteiger partial charge in [0.15, 0.2) is 0 Å². The van der Waals surface area contributed by atoms with Crippen LogP contribution in [0.1, 0.15) is 56.1 Å². The summed E-state index contributed by atoms with van der Waals surface area (Å²) in [6.07, 6.45) is 5.58. The molecule has 3 heteroatoms. The Bertz CT molecular complexity index is 639. The number of hydrogen-bond donors (Lipinski definition) is 0. The molecule has 0 bridgehead atoms. The van der Waals surface area contributed by atoms with Gasteiger partial charge in [-0.25, -0.2) is 4.39 Å². The summed E-state index contributed by atoms with van der Waals surface area (Å²) in [7, 11) is 1.59. The quantitative estimate of drug-likeness (QED) is 0.775. The van der Waals surface area contributed by atoms with Gasteiger partial charge in [-0.1, -0.05) is 6.92 Å². The number of carbonyl (C=O) groups is 1. The van der Waals surface area contributed by atoms with E-state index in [1.165, 1.54) is 6.07 Å². The van der Waals surface area contributed by atoms with Crippen LogP contribution in [0.3, 0.4) is 0 Å². The Morgan fingerprint density at radius 1 is 1.23 bits per heavy atom. The number of benzene rings is 1. The van der Waals surface area contributed by atoms with Crippen LogP contribution in [0.25, 0.3) is 0 Å². The van der Waals surface area contributed by atoms with Gasteiger partial charge in [0.1, 0.15) is 17.3 Å². The number of halogens is 1. The molecule has 1 aromatic rings. The zero-order valence-corrected chi connectivity index (χ0v) is 13.3. The van der Waals surface area contributed by atoms with Crippen LogP contribution < -0.4 is 4.74 Å². The monoisotopic (exact) mass is 302 g/mol. The topological polar surface area (TPSA) is 26.3 Å². The van der Waals surface area contributed by atoms with Gasteiger partial charge in [-0.2, -0.15) is 0 Å². The molecule has 3 aliphatic carbocycles. The minimum Gasteiger partial charge on any atom is -0.497 e. The molecule has 3 aliphatic rings. The molecule has 0 spiro atoms. The second-order valence-corrected chi connectivity index (χ2v) is 7.52. The molecule has 2 fully saturated rings. The minimum atomic E-state index is -0.137. The Morgan fingerprint density at radius 3 is 2.82 bits per heavy atom. The van der Waals surface area contributed by atoms with E-state index in [0.29, 0.717) is 29.3 Å². The van der Waals surface area contributed by atoms with Crippen molar-refractivity contribution >= 4 is 5.78 Å². The lowest BCUT2D eigenvalue weighted by atomic mass is 9.55. The van der Waals surface area contributed by atoms with E-state index in [0.717, 1.165) is 49.7 Å². The molecule has 0 amide bonds. The smallest absolute Gasteiger partial charge is 0.139 e. The lowest BCUT2D eigenvalue weighted by molar-refractivity contribution is -0.129. The number of aryl methyl sites for hydroxylation is 1. The van der Waals surface area contributed by atoms with Gasteiger partial charge in [0.25, 0.3) is 0 Å². The van der Waals surface area contributed by atoms with Crippen molar-refractivity contribution in [3.63, 3.8) is 0 Å². The highest BCUT2D eigenvalue weighted by Crippen LogP contribution is 2.59. The van der Waals surface area contributed by atoms with Gasteiger partial charge in [-0.3, -0.25) is 4.79 Å². The molecule has 0 aromatic heterocycles. The Morgan fingerprint density at radius 2 is 2.05 bits per heavy atom. The highest BCUT2D eigenvalue weighted by Gasteiger charge is 2.54. The summed E-state index contributed by atoms with van der Waals surface area (Å²) in [5.74, 6) is 2.16. The lowest BCUT2D eigenvalue weighted by Crippen LogP contribution is -2.42. The summed E-state index contributed by atoms with van der Waals surface area (Å²) < 4.78 is 19.9. The first-order valence-corrected chi connectivity index (χ1v) is 8.44. The molecule has 2 saturated carbocycles. The summed E-state index contributed by atoms with van der Waals surface area (Å²) >= 11 is 0. The van der Waals surface area contributed by atoms with Crippen LogP contribution in [0.5, 0.6) is 5.75 Å². The third-order valence-corrected chi connectivity index (χ3v) is 6.69. The molecule has 1 aromatic carbocycles. The van der Waals surface area contributed by atoms with Gasteiger partial charge in [0.2, 0.25) is 0 Å². The third-order valence-electron chi connectivity index (χ3n) is 6.69. The van der Waals surface area contributed by atoms with Crippen molar-refractivity contribution in [3.05, 3.63) is 29.1 Å². The number of methoxy groups -OCH3 is 1. The molecule has 0 unspecified atom stereocenters. The second kappa shape index (κ2) is 4.81. The van der Waals surface area contributed by atoms with Crippen LogP contribution in [0, 0.1) is 23.1 Å². The molecule has 0 saturated heterocycles. The van der Waals surface area contributed by atoms with E-state index in [1.807, 2.05) is 6.07 Å². The predicted octanol–water partition coefficient (Wildman–Crippen LogP) is 4.26. The fourth-order valence-electron chi connectivity index (χ4n) is 5.53. The fraction of sp³-hybridized carbons (Fsp3) is 0.632. The standard InChI is InChI=1S/C19H23FO2/c1-19-8-7-14-13(15(19)5-6-17(19)21)4-3-11-9-12(22-2)10-16(20)18(11)14/h9-10,13-15H,3-8H2,1-2H3/t13-,14+,15+,19+/m1/s1. The van der Waals surface area contributed by atoms with Crippen LogP contribution in [-0.4, -0.2) is 12.9 Å². The average Bonchev–Trinajstić information content (AvgIpc) is 2.82. The van der Waals surface area contributed by atoms with Gasteiger partial charge < -0.3 is 4.74 Å². The van der Waals surface area contributed by atoms with Crippen molar-refractivity contribution in [1.29, 1.82) is 0 Å². The van der Waals surface area contributed by atoms with E-state index < -0.39 is 0 Å². The van der Waals surface area contributed by atoms with Crippen molar-refractivity contribution in [3.8, 4) is 5.75 Å². The van der Waals surface area contributed by atoms with E-state index >= 15 is 0 Å². The molecule has 4 rings (SSSR count). The van der Waals surface area contributed by atoms with Crippen LogP contribution in [0.4, 0.5) is 4.39 Å². The van der Waals surface area contributed by atoms with Crippen molar-refractivity contribution in [2.24, 2.45) is 17.3 Å². The van der Waals surface area contributed by atoms with Crippen molar-refractivity contribution in [2.45, 2.75) is 51.4 Å². The van der Waals surface area contributed by atoms with Crippen molar-refractivity contribution in [1.82, 2.24) is 0 Å². The highest BCUT2D eigenvalue weighted by molar-refractivity contribution is 5.87. The Labute approximate surface area is 131 Å². The summed E-state index contributed by atoms with van der Waals surface area (Å²) in [5, 5.41) is 0. The van der Waals surface area contributed by atoms with E-state index in [4.69, 9.17) is 4.74 Å². The molecule has 0 aliphatic heterocycles. The maximum Gasteiger partial charge on any atom is 0.139 e. The number of rotatable bonds is 1. The van der Waals surface area contributed by atoms with Crippen LogP contribution >= 0.6 is 0 Å². The number of ether oxygens (including phenoxy) is 1. The summed E-state index contributed by atoms with van der Waals surface area (Å²) in [5.41, 5.74) is 1.89. The van der Waals surface area contributed by atoms with Gasteiger partial charge in [0, 0.05) is 17.9 Å². The normalized spacial score (nSPS) is 36.5. The molecule has 118 valence electrons. The number of ketones is 1. The number of fused-ring (bicyclic) bond motifs is 5. The van der Waals surface area contributed by atoms with Gasteiger partial charge in [0.05, 0.1) is 7.11 Å². The third kappa shape index (κ3) is 1.80. The first kappa shape index (κ1) is 14.2. The fourth-order valence-corrected chi connectivity index (χ4v) is 5.53. The van der Waals surface area contributed by atoms with Gasteiger partial charge >= 0.3 is 0 Å². The molecule has 0 radical (unpaired) electrons. The zero-order chi connectivity index (χ0) is 15.5. The molecule has 22 heavy (non-hydrogen) atoms. The maximum absolute atomic E-state index is 14.7. The molecule has 0 heterocycles. The second-order valence-electron chi connectivity index (χ2n) is 7.52. The Kier molecular flexibility index (Phi) is 3.11. The van der Waals surface area contributed by atoms with E-state index in [9.17, 15) is 9.18 Å². The largest absolute Gasteiger partial charge is 0.497 e. The van der Waals surface area contributed by atoms with Gasteiger partial charge in [-0.05, 0) is 67.1 Å². The molecular formula is C19H23FO2. The Balaban J connectivity index is 1.75. The van der Waals surface area contributed by atoms with Crippen LogP contribution in [-0.2, 0) is 11.2 Å². The van der Waals surface area contributed by atoms with E-state index in [1.54, 1.807) is 7.11 Å². The first-order valence-electron chi connectivity index (χ1n) is 8.44. The number of hydrogen-bond acceptors (Lipinski definition) is 2. The van der Waals surface area contributed by atoms with Gasteiger partial charge in [-0.15, -0.1) is 0 Å². The maximum atomic E-state index is 14.7. The zero-order valence-electron chi connectivity index (χ0n) is 13.3. The van der Waals surface area contributed by atoms with Crippen molar-refractivity contribution in [2.75, 3.05) is 7.11 Å². The van der Waals surface area contributed by atoms with Crippen LogP contribution in [0.2, 0.25) is 0 Å². The Hall–Kier alpha value is -1.38. The first-order chi connectivity index (χ1) is 10.5. The molecular weight excluding hydrogens is 279 g/mol.